The highest BCUT2D eigenvalue weighted by Gasteiger charge is 2.44. The van der Waals surface area contributed by atoms with Gasteiger partial charge in [-0.05, 0) is 53.3 Å². The number of alkyl halides is 3. The van der Waals surface area contributed by atoms with E-state index in [0.29, 0.717) is 5.02 Å². The molecule has 0 aliphatic heterocycles. The third-order valence-electron chi connectivity index (χ3n) is 5.27. The molecule has 0 saturated heterocycles. The second kappa shape index (κ2) is 11.1. The maximum absolute atomic E-state index is 12.6. The summed E-state index contributed by atoms with van der Waals surface area (Å²) in [6.45, 7) is 0. The van der Waals surface area contributed by atoms with Crippen molar-refractivity contribution in [1.82, 2.24) is 0 Å². The number of nitrogens with two attached hydrogens (primary N) is 1. The molecule has 4 rings (SSSR count). The van der Waals surface area contributed by atoms with Crippen LogP contribution in [-0.4, -0.2) is 29.4 Å². The van der Waals surface area contributed by atoms with Crippen LogP contribution in [0.1, 0.15) is 23.5 Å². The molecule has 4 N–H and O–H groups in total. The average Bonchev–Trinajstić information content (AvgIpc) is 3.62. The number of carbonyl (C=O) groups is 2. The number of carboxylic acid groups (broad SMARTS) is 1. The van der Waals surface area contributed by atoms with E-state index in [9.17, 15) is 18.0 Å². The maximum atomic E-state index is 12.6. The van der Waals surface area contributed by atoms with Crippen molar-refractivity contribution in [3.05, 3.63) is 88.9 Å². The Hall–Kier alpha value is -3.85. The summed E-state index contributed by atoms with van der Waals surface area (Å²) in [4.78, 5) is 21.5. The highest BCUT2D eigenvalue weighted by molar-refractivity contribution is 6.33. The van der Waals surface area contributed by atoms with Crippen molar-refractivity contribution in [2.75, 3.05) is 5.32 Å². The zero-order valence-electron chi connectivity index (χ0n) is 18.2. The molecule has 1 aliphatic carbocycles. The first-order chi connectivity index (χ1) is 16.6. The van der Waals surface area contributed by atoms with E-state index in [4.69, 9.17) is 27.3 Å². The van der Waals surface area contributed by atoms with E-state index < -0.39 is 12.1 Å². The Bertz CT molecular complexity index is 1230. The molecule has 10 heteroatoms. The molecule has 0 bridgehead atoms. The van der Waals surface area contributed by atoms with Gasteiger partial charge in [0.25, 0.3) is 0 Å². The summed E-state index contributed by atoms with van der Waals surface area (Å²) in [6, 6.07) is 23.5. The molecule has 1 fully saturated rings. The predicted molar refractivity (Wildman–Crippen MR) is 128 cm³/mol. The van der Waals surface area contributed by atoms with Crippen LogP contribution in [0.3, 0.4) is 0 Å². The van der Waals surface area contributed by atoms with Crippen LogP contribution in [-0.2, 0) is 9.59 Å². The molecule has 182 valence electrons. The lowest BCUT2D eigenvalue weighted by atomic mass is 10.0. The molecule has 1 saturated carbocycles. The van der Waals surface area contributed by atoms with E-state index in [-0.39, 0.29) is 17.7 Å². The van der Waals surface area contributed by atoms with Crippen molar-refractivity contribution < 1.29 is 27.9 Å². The van der Waals surface area contributed by atoms with Crippen molar-refractivity contribution in [3.8, 4) is 11.1 Å². The number of benzene rings is 3. The Kier molecular flexibility index (Phi) is 8.14. The number of anilines is 1. The van der Waals surface area contributed by atoms with Crippen molar-refractivity contribution in [2.45, 2.75) is 18.5 Å². The summed E-state index contributed by atoms with van der Waals surface area (Å²) in [5.41, 5.74) is 4.87. The minimum atomic E-state index is -5.08. The first-order valence-corrected chi connectivity index (χ1v) is 10.8. The van der Waals surface area contributed by atoms with E-state index >= 15 is 0 Å². The Balaban J connectivity index is 0.000000429. The van der Waals surface area contributed by atoms with Crippen LogP contribution in [0.25, 0.3) is 11.1 Å². The number of amides is 1. The standard InChI is InChI=1S/C23H20ClN3O.C2HF3O2/c24-22-7-2-1-6-19(22)16-8-10-18(11-9-16)27-23(28)21-13-20(21)17-5-3-4-15(12-17)14-26-25;3-2(4,5)1(6)7/h1-12,14,20-21H,13,25H2,(H,27,28);(H,6,7)/t20-,21-;/m1./s1. The molecule has 0 unspecified atom stereocenters. The van der Waals surface area contributed by atoms with E-state index in [1.807, 2.05) is 72.8 Å². The van der Waals surface area contributed by atoms with Gasteiger partial charge in [-0.3, -0.25) is 4.79 Å². The van der Waals surface area contributed by atoms with Gasteiger partial charge in [-0.25, -0.2) is 4.79 Å². The molecule has 1 amide bonds. The fourth-order valence-electron chi connectivity index (χ4n) is 3.47. The fraction of sp³-hybridized carbons (Fsp3) is 0.160. The fourth-order valence-corrected chi connectivity index (χ4v) is 3.72. The van der Waals surface area contributed by atoms with E-state index in [2.05, 4.69) is 10.4 Å². The molecule has 0 spiro atoms. The molecule has 0 heterocycles. The van der Waals surface area contributed by atoms with Crippen molar-refractivity contribution in [1.29, 1.82) is 0 Å². The molecule has 3 aromatic carbocycles. The molecular formula is C25H21ClF3N3O3. The Morgan fingerprint density at radius 2 is 1.71 bits per heavy atom. The topological polar surface area (TPSA) is 105 Å². The smallest absolute Gasteiger partial charge is 0.475 e. The third-order valence-corrected chi connectivity index (χ3v) is 5.60. The zero-order valence-corrected chi connectivity index (χ0v) is 18.9. The summed E-state index contributed by atoms with van der Waals surface area (Å²) < 4.78 is 31.7. The third kappa shape index (κ3) is 7.07. The number of carboxylic acids is 1. The van der Waals surface area contributed by atoms with Crippen molar-refractivity contribution >= 4 is 35.4 Å². The first-order valence-electron chi connectivity index (χ1n) is 10.4. The number of rotatable bonds is 5. The van der Waals surface area contributed by atoms with Crippen LogP contribution in [0.15, 0.2) is 77.9 Å². The first kappa shape index (κ1) is 25.8. The highest BCUT2D eigenvalue weighted by atomic mass is 35.5. The lowest BCUT2D eigenvalue weighted by molar-refractivity contribution is -0.192. The monoisotopic (exact) mass is 503 g/mol. The van der Waals surface area contributed by atoms with Crippen LogP contribution >= 0.6 is 11.6 Å². The van der Waals surface area contributed by atoms with E-state index in [1.165, 1.54) is 0 Å². The number of halogens is 4. The van der Waals surface area contributed by atoms with Gasteiger partial charge < -0.3 is 16.3 Å². The second-order valence-electron chi connectivity index (χ2n) is 7.75. The largest absolute Gasteiger partial charge is 0.490 e. The Labute approximate surface area is 204 Å². The van der Waals surface area contributed by atoms with Gasteiger partial charge in [-0.1, -0.05) is 60.1 Å². The predicted octanol–water partition coefficient (Wildman–Crippen LogP) is 5.68. The number of hydrogen-bond donors (Lipinski definition) is 3. The number of hydrazone groups is 1. The molecule has 0 radical (unpaired) electrons. The Morgan fingerprint density at radius 1 is 1.06 bits per heavy atom. The molecule has 2 atom stereocenters. The second-order valence-corrected chi connectivity index (χ2v) is 8.15. The summed E-state index contributed by atoms with van der Waals surface area (Å²) in [7, 11) is 0. The number of nitrogens with zero attached hydrogens (tertiary/aromatic N) is 1. The summed E-state index contributed by atoms with van der Waals surface area (Å²) in [5, 5.41) is 14.4. The van der Waals surface area contributed by atoms with Gasteiger partial charge in [0.1, 0.15) is 0 Å². The normalized spacial score (nSPS) is 16.8. The maximum Gasteiger partial charge on any atom is 0.490 e. The van der Waals surface area contributed by atoms with Crippen LogP contribution in [0.4, 0.5) is 18.9 Å². The average molecular weight is 504 g/mol. The van der Waals surface area contributed by atoms with Crippen LogP contribution in [0, 0.1) is 5.92 Å². The van der Waals surface area contributed by atoms with Gasteiger partial charge in [0.15, 0.2) is 0 Å². The molecular weight excluding hydrogens is 483 g/mol. The van der Waals surface area contributed by atoms with Gasteiger partial charge in [-0.2, -0.15) is 18.3 Å². The lowest BCUT2D eigenvalue weighted by Gasteiger charge is -2.08. The van der Waals surface area contributed by atoms with E-state index in [0.717, 1.165) is 34.4 Å². The molecule has 6 nitrogen and oxygen atoms in total. The SMILES string of the molecule is NN=Cc1cccc([C@H]2C[C@H]2C(=O)Nc2ccc(-c3ccccc3Cl)cc2)c1.O=C(O)C(F)(F)F. The number of hydrogen-bond acceptors (Lipinski definition) is 4. The summed E-state index contributed by atoms with van der Waals surface area (Å²) >= 11 is 6.25. The van der Waals surface area contributed by atoms with Crippen molar-refractivity contribution in [3.63, 3.8) is 0 Å². The summed E-state index contributed by atoms with van der Waals surface area (Å²) in [5.74, 6) is 2.75. The molecule has 35 heavy (non-hydrogen) atoms. The summed E-state index contributed by atoms with van der Waals surface area (Å²) in [6.07, 6.45) is -2.62. The van der Waals surface area contributed by atoms with Crippen molar-refractivity contribution in [2.24, 2.45) is 16.9 Å². The number of carbonyl (C=O) groups excluding carboxylic acids is 1. The quantitative estimate of drug-likeness (QED) is 0.237. The van der Waals surface area contributed by atoms with Crippen LogP contribution < -0.4 is 11.2 Å². The zero-order chi connectivity index (χ0) is 25.6. The Morgan fingerprint density at radius 3 is 2.31 bits per heavy atom. The van der Waals surface area contributed by atoms with Gasteiger partial charge in [-0.15, -0.1) is 0 Å². The number of aliphatic carboxylic acids is 1. The van der Waals surface area contributed by atoms with Crippen LogP contribution in [0.2, 0.25) is 5.02 Å². The highest BCUT2D eigenvalue weighted by Crippen LogP contribution is 2.48. The molecule has 3 aromatic rings. The minimum absolute atomic E-state index is 0.00619. The van der Waals surface area contributed by atoms with E-state index in [1.54, 1.807) is 6.21 Å². The van der Waals surface area contributed by atoms with Gasteiger partial charge >= 0.3 is 12.1 Å². The number of nitrogens with one attached hydrogen (secondary N) is 1. The van der Waals surface area contributed by atoms with Gasteiger partial charge in [0.2, 0.25) is 5.91 Å². The lowest BCUT2D eigenvalue weighted by Crippen LogP contribution is -2.21. The minimum Gasteiger partial charge on any atom is -0.475 e. The molecule has 0 aromatic heterocycles. The van der Waals surface area contributed by atoms with Gasteiger partial charge in [0, 0.05) is 22.2 Å². The van der Waals surface area contributed by atoms with Crippen LogP contribution in [0.5, 0.6) is 0 Å². The molecule has 1 aliphatic rings. The van der Waals surface area contributed by atoms with Gasteiger partial charge in [0.05, 0.1) is 6.21 Å².